The van der Waals surface area contributed by atoms with Gasteiger partial charge in [-0.05, 0) is 59.3 Å². The van der Waals surface area contributed by atoms with Gasteiger partial charge in [-0.25, -0.2) is 0 Å². The lowest BCUT2D eigenvalue weighted by Gasteiger charge is -2.37. The van der Waals surface area contributed by atoms with Crippen molar-refractivity contribution in [2.75, 3.05) is 35.0 Å². The van der Waals surface area contributed by atoms with E-state index in [0.717, 1.165) is 22.4 Å². The molecule has 0 unspecified atom stereocenters. The summed E-state index contributed by atoms with van der Waals surface area (Å²) >= 11 is 1.64. The second-order valence-electron chi connectivity index (χ2n) is 7.14. The monoisotopic (exact) mass is 439 g/mol. The Kier molecular flexibility index (Phi) is 6.04. The van der Waals surface area contributed by atoms with Gasteiger partial charge in [0.1, 0.15) is 0 Å². The molecule has 3 aromatic rings. The first-order valence-electron chi connectivity index (χ1n) is 9.92. The maximum atomic E-state index is 13.6. The zero-order valence-electron chi connectivity index (χ0n) is 18.0. The van der Waals surface area contributed by atoms with Crippen LogP contribution in [0.25, 0.3) is 0 Å². The maximum absolute atomic E-state index is 13.6. The highest BCUT2D eigenvalue weighted by atomic mass is 32.1. The summed E-state index contributed by atoms with van der Waals surface area (Å²) in [5, 5.41) is 2.03. The Hall–Kier alpha value is -3.19. The fraction of sp³-hybridized carbons (Fsp3) is 0.292. The molecule has 4 rings (SSSR count). The van der Waals surface area contributed by atoms with Crippen LogP contribution in [0, 0.1) is 0 Å². The lowest BCUT2D eigenvalue weighted by Crippen LogP contribution is -2.40. The van der Waals surface area contributed by atoms with E-state index < -0.39 is 0 Å². The SMILES string of the molecule is COc1ccc(C(=O)N2CCc3cc(OC)c(OC)cc3[C@@H]2c2cccs2)cc1OC. The van der Waals surface area contributed by atoms with Crippen molar-refractivity contribution >= 4 is 17.2 Å². The Bertz CT molecular complexity index is 1080. The molecule has 7 heteroatoms. The summed E-state index contributed by atoms with van der Waals surface area (Å²) in [7, 11) is 6.41. The molecule has 0 N–H and O–H groups in total. The molecule has 1 aliphatic heterocycles. The summed E-state index contributed by atoms with van der Waals surface area (Å²) in [6.45, 7) is 0.595. The summed E-state index contributed by atoms with van der Waals surface area (Å²) in [6.07, 6.45) is 0.733. The molecule has 0 aliphatic carbocycles. The molecule has 162 valence electrons. The van der Waals surface area contributed by atoms with Crippen LogP contribution in [-0.4, -0.2) is 45.8 Å². The summed E-state index contributed by atoms with van der Waals surface area (Å²) in [6, 6.07) is 13.2. The van der Waals surface area contributed by atoms with Crippen LogP contribution in [0.5, 0.6) is 23.0 Å². The molecule has 1 aromatic heterocycles. The zero-order chi connectivity index (χ0) is 22.0. The molecular formula is C24H25NO5S. The average molecular weight is 440 g/mol. The molecule has 0 radical (unpaired) electrons. The number of hydrogen-bond donors (Lipinski definition) is 0. The molecule has 1 aliphatic rings. The van der Waals surface area contributed by atoms with Gasteiger partial charge in [-0.2, -0.15) is 0 Å². The molecule has 31 heavy (non-hydrogen) atoms. The summed E-state index contributed by atoms with van der Waals surface area (Å²) < 4.78 is 21.8. The van der Waals surface area contributed by atoms with Gasteiger partial charge >= 0.3 is 0 Å². The fourth-order valence-electron chi connectivity index (χ4n) is 4.05. The third kappa shape index (κ3) is 3.81. The number of hydrogen-bond acceptors (Lipinski definition) is 6. The normalized spacial score (nSPS) is 15.2. The predicted molar refractivity (Wildman–Crippen MR) is 120 cm³/mol. The number of benzene rings is 2. The minimum Gasteiger partial charge on any atom is -0.493 e. The summed E-state index contributed by atoms with van der Waals surface area (Å²) in [5.41, 5.74) is 2.77. The van der Waals surface area contributed by atoms with Crippen molar-refractivity contribution in [3.05, 3.63) is 69.4 Å². The van der Waals surface area contributed by atoms with Crippen LogP contribution in [0.4, 0.5) is 0 Å². The first-order chi connectivity index (χ1) is 15.1. The minimum atomic E-state index is -0.204. The predicted octanol–water partition coefficient (Wildman–Crippen LogP) is 4.57. The number of nitrogens with zero attached hydrogens (tertiary/aromatic N) is 1. The van der Waals surface area contributed by atoms with Crippen molar-refractivity contribution in [1.29, 1.82) is 0 Å². The van der Waals surface area contributed by atoms with Gasteiger partial charge in [0.05, 0.1) is 34.5 Å². The lowest BCUT2D eigenvalue weighted by atomic mass is 9.90. The van der Waals surface area contributed by atoms with Gasteiger partial charge in [-0.15, -0.1) is 11.3 Å². The van der Waals surface area contributed by atoms with Gasteiger partial charge in [0.2, 0.25) is 0 Å². The van der Waals surface area contributed by atoms with Crippen molar-refractivity contribution < 1.29 is 23.7 Å². The molecule has 0 spiro atoms. The van der Waals surface area contributed by atoms with Crippen LogP contribution < -0.4 is 18.9 Å². The highest BCUT2D eigenvalue weighted by Crippen LogP contribution is 2.43. The highest BCUT2D eigenvalue weighted by Gasteiger charge is 2.34. The number of methoxy groups -OCH3 is 4. The molecule has 2 heterocycles. The number of fused-ring (bicyclic) bond motifs is 1. The standard InChI is InChI=1S/C24H25NO5S/c1-27-18-8-7-16(13-19(18)28-2)24(26)25-10-9-15-12-20(29-3)21(30-4)14-17(15)23(25)22-6-5-11-31-22/h5-8,11-14,23H,9-10H2,1-4H3/t23-/m1/s1. The first-order valence-corrected chi connectivity index (χ1v) is 10.8. The maximum Gasteiger partial charge on any atom is 0.254 e. The van der Waals surface area contributed by atoms with Crippen LogP contribution in [0.15, 0.2) is 47.8 Å². The molecule has 0 saturated carbocycles. The molecule has 6 nitrogen and oxygen atoms in total. The van der Waals surface area contributed by atoms with Gasteiger partial charge in [0.25, 0.3) is 5.91 Å². The van der Waals surface area contributed by atoms with Crippen LogP contribution >= 0.6 is 11.3 Å². The van der Waals surface area contributed by atoms with E-state index in [2.05, 4.69) is 6.07 Å². The zero-order valence-corrected chi connectivity index (χ0v) is 18.8. The molecule has 0 fully saturated rings. The topological polar surface area (TPSA) is 57.2 Å². The summed E-state index contributed by atoms with van der Waals surface area (Å²) in [4.78, 5) is 16.7. The van der Waals surface area contributed by atoms with E-state index in [1.807, 2.05) is 28.5 Å². The van der Waals surface area contributed by atoms with Crippen LogP contribution in [-0.2, 0) is 6.42 Å². The van der Waals surface area contributed by atoms with E-state index in [4.69, 9.17) is 18.9 Å². The van der Waals surface area contributed by atoms with Crippen LogP contribution in [0.3, 0.4) is 0 Å². The van der Waals surface area contributed by atoms with Crippen molar-refractivity contribution in [3.8, 4) is 23.0 Å². The highest BCUT2D eigenvalue weighted by molar-refractivity contribution is 7.10. The number of carbonyl (C=O) groups excluding carboxylic acids is 1. The quantitative estimate of drug-likeness (QED) is 0.563. The number of carbonyl (C=O) groups is 1. The number of amides is 1. The van der Waals surface area contributed by atoms with Crippen LogP contribution in [0.2, 0.25) is 0 Å². The van der Waals surface area contributed by atoms with Crippen molar-refractivity contribution in [2.24, 2.45) is 0 Å². The molecule has 1 atom stereocenters. The van der Waals surface area contributed by atoms with Gasteiger partial charge in [0.15, 0.2) is 23.0 Å². The van der Waals surface area contributed by atoms with Crippen molar-refractivity contribution in [2.45, 2.75) is 12.5 Å². The number of ether oxygens (including phenoxy) is 4. The smallest absolute Gasteiger partial charge is 0.254 e. The molecule has 0 bridgehead atoms. The Morgan fingerprint density at radius 3 is 2.23 bits per heavy atom. The van der Waals surface area contributed by atoms with Gasteiger partial charge in [0, 0.05) is 17.0 Å². The molecule has 1 amide bonds. The van der Waals surface area contributed by atoms with Crippen molar-refractivity contribution in [3.63, 3.8) is 0 Å². The van der Waals surface area contributed by atoms with E-state index in [1.165, 1.54) is 0 Å². The lowest BCUT2D eigenvalue weighted by molar-refractivity contribution is 0.0696. The fourth-order valence-corrected chi connectivity index (χ4v) is 4.91. The third-order valence-electron chi connectivity index (χ3n) is 5.58. The molecular weight excluding hydrogens is 414 g/mol. The molecule has 0 saturated heterocycles. The Labute approximate surface area is 185 Å². The first kappa shape index (κ1) is 21.1. The average Bonchev–Trinajstić information content (AvgIpc) is 3.35. The molecule has 2 aromatic carbocycles. The van der Waals surface area contributed by atoms with E-state index in [-0.39, 0.29) is 11.9 Å². The Morgan fingerprint density at radius 1 is 0.903 bits per heavy atom. The Balaban J connectivity index is 1.79. The van der Waals surface area contributed by atoms with E-state index in [1.54, 1.807) is 58.0 Å². The van der Waals surface area contributed by atoms with E-state index >= 15 is 0 Å². The van der Waals surface area contributed by atoms with Crippen LogP contribution in [0.1, 0.15) is 32.4 Å². The third-order valence-corrected chi connectivity index (χ3v) is 6.50. The van der Waals surface area contributed by atoms with Gasteiger partial charge < -0.3 is 23.8 Å². The Morgan fingerprint density at radius 2 is 1.58 bits per heavy atom. The number of thiophene rings is 1. The van der Waals surface area contributed by atoms with Gasteiger partial charge in [-0.3, -0.25) is 4.79 Å². The van der Waals surface area contributed by atoms with Crippen molar-refractivity contribution in [1.82, 2.24) is 4.90 Å². The second-order valence-corrected chi connectivity index (χ2v) is 8.12. The van der Waals surface area contributed by atoms with E-state index in [9.17, 15) is 4.79 Å². The minimum absolute atomic E-state index is 0.0558. The number of rotatable bonds is 6. The second kappa shape index (κ2) is 8.89. The largest absolute Gasteiger partial charge is 0.493 e. The van der Waals surface area contributed by atoms with Gasteiger partial charge in [-0.1, -0.05) is 6.07 Å². The summed E-state index contributed by atoms with van der Waals surface area (Å²) in [5.74, 6) is 2.42. The van der Waals surface area contributed by atoms with E-state index in [0.29, 0.717) is 35.1 Å².